The van der Waals surface area contributed by atoms with Crippen LogP contribution in [0.2, 0.25) is 10.0 Å². The number of nitrogens with one attached hydrogen (secondary N) is 3. The van der Waals surface area contributed by atoms with Gasteiger partial charge in [0.25, 0.3) is 11.8 Å². The second-order valence-corrected chi connectivity index (χ2v) is 6.72. The third-order valence-electron chi connectivity index (χ3n) is 3.91. The molecule has 2 amide bonds. The van der Waals surface area contributed by atoms with Gasteiger partial charge in [-0.15, -0.1) is 0 Å². The molecule has 1 atom stereocenters. The van der Waals surface area contributed by atoms with Gasteiger partial charge < -0.3 is 20.3 Å². The average molecular weight is 411 g/mol. The molecule has 0 radical (unpaired) electrons. The molecule has 0 bridgehead atoms. The molecule has 6 nitrogen and oxygen atoms in total. The molecular weight excluding hydrogens is 389 g/mol. The fourth-order valence-electron chi connectivity index (χ4n) is 2.49. The van der Waals surface area contributed by atoms with Gasteiger partial charge in [-0.2, -0.15) is 0 Å². The van der Waals surface area contributed by atoms with Gasteiger partial charge in [-0.25, -0.2) is 0 Å². The van der Waals surface area contributed by atoms with E-state index in [9.17, 15) is 9.59 Å². The lowest BCUT2D eigenvalue weighted by Gasteiger charge is -2.17. The number of halogens is 2. The van der Waals surface area contributed by atoms with E-state index in [1.165, 1.54) is 0 Å². The van der Waals surface area contributed by atoms with Gasteiger partial charge in [-0.3, -0.25) is 9.59 Å². The van der Waals surface area contributed by atoms with Crippen LogP contribution in [0.25, 0.3) is 0 Å². The molecule has 3 N–H and O–H groups in total. The van der Waals surface area contributed by atoms with Crippen molar-refractivity contribution < 1.29 is 19.2 Å². The number of methoxy groups -OCH3 is 1. The molecule has 144 valence electrons. The lowest BCUT2D eigenvalue weighted by Crippen LogP contribution is -3.13. The lowest BCUT2D eigenvalue weighted by atomic mass is 10.3. The summed E-state index contributed by atoms with van der Waals surface area (Å²) in [6, 6.07) is 12.0. The SMILES string of the molecule is CC[NH+](CC(=O)Nc1ccc(Cl)cc1Cl)CC(=O)Nc1ccccc1OC. The first-order valence-corrected chi connectivity index (χ1v) is 9.19. The van der Waals surface area contributed by atoms with Crippen LogP contribution in [0.5, 0.6) is 5.75 Å². The maximum atomic E-state index is 12.3. The van der Waals surface area contributed by atoms with Gasteiger partial charge in [0.1, 0.15) is 5.75 Å². The number of hydrogen-bond donors (Lipinski definition) is 3. The van der Waals surface area contributed by atoms with Crippen LogP contribution in [-0.4, -0.2) is 38.6 Å². The Kier molecular flexibility index (Phi) is 7.91. The molecule has 0 aromatic heterocycles. The van der Waals surface area contributed by atoms with Crippen LogP contribution in [0.15, 0.2) is 42.5 Å². The largest absolute Gasteiger partial charge is 0.495 e. The summed E-state index contributed by atoms with van der Waals surface area (Å²) in [5.74, 6) is 0.147. The molecule has 0 aliphatic heterocycles. The Morgan fingerprint density at radius 2 is 1.63 bits per heavy atom. The predicted molar refractivity (Wildman–Crippen MR) is 108 cm³/mol. The molecule has 0 aliphatic carbocycles. The Hall–Kier alpha value is -2.28. The number of carbonyl (C=O) groups is 2. The minimum atomic E-state index is -0.235. The van der Waals surface area contributed by atoms with E-state index in [4.69, 9.17) is 27.9 Å². The highest BCUT2D eigenvalue weighted by Crippen LogP contribution is 2.25. The first-order chi connectivity index (χ1) is 12.9. The number of rotatable bonds is 8. The zero-order valence-electron chi connectivity index (χ0n) is 15.1. The van der Waals surface area contributed by atoms with Gasteiger partial charge in [0.2, 0.25) is 0 Å². The van der Waals surface area contributed by atoms with E-state index in [1.54, 1.807) is 37.4 Å². The van der Waals surface area contributed by atoms with E-state index in [-0.39, 0.29) is 24.9 Å². The quantitative estimate of drug-likeness (QED) is 0.625. The first-order valence-electron chi connectivity index (χ1n) is 8.44. The second kappa shape index (κ2) is 10.2. The zero-order valence-corrected chi connectivity index (χ0v) is 16.7. The number of carbonyl (C=O) groups excluding carboxylic acids is 2. The van der Waals surface area contributed by atoms with Crippen LogP contribution < -0.4 is 20.3 Å². The number of benzene rings is 2. The Bertz CT molecular complexity index is 815. The standard InChI is InChI=1S/C19H21Cl2N3O3/c1-3-24(11-18(25)22-15-9-8-13(20)10-14(15)21)12-19(26)23-16-6-4-5-7-17(16)27-2/h4-10H,3,11-12H2,1-2H3,(H,22,25)(H,23,26)/p+1. The maximum Gasteiger partial charge on any atom is 0.279 e. The van der Waals surface area contributed by atoms with Gasteiger partial charge in [-0.1, -0.05) is 35.3 Å². The molecular formula is C19H22Cl2N3O3+. The van der Waals surface area contributed by atoms with Crippen LogP contribution in [0.4, 0.5) is 11.4 Å². The molecule has 0 heterocycles. The third-order valence-corrected chi connectivity index (χ3v) is 4.46. The van der Waals surface area contributed by atoms with Crippen molar-refractivity contribution in [1.82, 2.24) is 0 Å². The number of para-hydroxylation sites is 2. The van der Waals surface area contributed by atoms with Crippen LogP contribution in [-0.2, 0) is 9.59 Å². The monoisotopic (exact) mass is 410 g/mol. The fourth-order valence-corrected chi connectivity index (χ4v) is 2.95. The molecule has 0 spiro atoms. The first kappa shape index (κ1) is 21.0. The summed E-state index contributed by atoms with van der Waals surface area (Å²) in [5, 5.41) is 6.41. The Morgan fingerprint density at radius 1 is 1.00 bits per heavy atom. The average Bonchev–Trinajstić information content (AvgIpc) is 2.64. The molecule has 2 rings (SSSR count). The van der Waals surface area contributed by atoms with Crippen molar-refractivity contribution in [3.05, 3.63) is 52.5 Å². The Morgan fingerprint density at radius 3 is 2.22 bits per heavy atom. The zero-order chi connectivity index (χ0) is 19.8. The summed E-state index contributed by atoms with van der Waals surface area (Å²) in [6.07, 6.45) is 0. The van der Waals surface area contributed by atoms with Crippen molar-refractivity contribution in [2.45, 2.75) is 6.92 Å². The van der Waals surface area contributed by atoms with E-state index in [0.717, 1.165) is 4.90 Å². The van der Waals surface area contributed by atoms with E-state index in [1.807, 2.05) is 19.1 Å². The topological polar surface area (TPSA) is 71.9 Å². The van der Waals surface area contributed by atoms with Crippen LogP contribution in [0.1, 0.15) is 6.92 Å². The summed E-state index contributed by atoms with van der Waals surface area (Å²) in [5.41, 5.74) is 1.08. The minimum absolute atomic E-state index is 0.134. The smallest absolute Gasteiger partial charge is 0.279 e. The predicted octanol–water partition coefficient (Wildman–Crippen LogP) is 2.48. The Balaban J connectivity index is 1.92. The number of hydrogen-bond acceptors (Lipinski definition) is 3. The molecule has 0 saturated heterocycles. The number of amides is 2. The van der Waals surface area contributed by atoms with Crippen molar-refractivity contribution in [3.8, 4) is 5.75 Å². The van der Waals surface area contributed by atoms with Crippen LogP contribution in [0.3, 0.4) is 0 Å². The van der Waals surface area contributed by atoms with E-state index in [0.29, 0.717) is 33.7 Å². The highest BCUT2D eigenvalue weighted by molar-refractivity contribution is 6.36. The van der Waals surface area contributed by atoms with Gasteiger partial charge in [-0.05, 0) is 37.3 Å². The van der Waals surface area contributed by atoms with Gasteiger partial charge in [0, 0.05) is 5.02 Å². The minimum Gasteiger partial charge on any atom is -0.495 e. The summed E-state index contributed by atoms with van der Waals surface area (Å²) in [6.45, 7) is 2.81. The Labute approximate surface area is 168 Å². The number of anilines is 2. The molecule has 1 unspecified atom stereocenters. The molecule has 2 aromatic rings. The maximum absolute atomic E-state index is 12.3. The highest BCUT2D eigenvalue weighted by atomic mass is 35.5. The van der Waals surface area contributed by atoms with Crippen LogP contribution in [0, 0.1) is 0 Å². The number of quaternary nitrogens is 1. The molecule has 0 fully saturated rings. The van der Waals surface area contributed by atoms with E-state index in [2.05, 4.69) is 10.6 Å². The van der Waals surface area contributed by atoms with Gasteiger partial charge >= 0.3 is 0 Å². The van der Waals surface area contributed by atoms with Crippen molar-refractivity contribution in [3.63, 3.8) is 0 Å². The van der Waals surface area contributed by atoms with Gasteiger partial charge in [0.05, 0.1) is 30.1 Å². The normalized spacial score (nSPS) is 11.6. The van der Waals surface area contributed by atoms with Gasteiger partial charge in [0.15, 0.2) is 13.1 Å². The number of ether oxygens (including phenoxy) is 1. The van der Waals surface area contributed by atoms with Crippen molar-refractivity contribution >= 4 is 46.4 Å². The lowest BCUT2D eigenvalue weighted by molar-refractivity contribution is -0.881. The van der Waals surface area contributed by atoms with E-state index < -0.39 is 0 Å². The summed E-state index contributed by atoms with van der Waals surface area (Å²) in [7, 11) is 1.54. The summed E-state index contributed by atoms with van der Waals surface area (Å²) in [4.78, 5) is 25.4. The summed E-state index contributed by atoms with van der Waals surface area (Å²) >= 11 is 11.9. The second-order valence-electron chi connectivity index (χ2n) is 5.88. The van der Waals surface area contributed by atoms with Crippen molar-refractivity contribution in [1.29, 1.82) is 0 Å². The molecule has 8 heteroatoms. The third kappa shape index (κ3) is 6.43. The van der Waals surface area contributed by atoms with E-state index >= 15 is 0 Å². The molecule has 27 heavy (non-hydrogen) atoms. The summed E-state index contributed by atoms with van der Waals surface area (Å²) < 4.78 is 5.22. The molecule has 2 aromatic carbocycles. The van der Waals surface area contributed by atoms with Crippen molar-refractivity contribution in [2.24, 2.45) is 0 Å². The fraction of sp³-hybridized carbons (Fsp3) is 0.263. The van der Waals surface area contributed by atoms with Crippen molar-refractivity contribution in [2.75, 3.05) is 37.4 Å². The number of likely N-dealkylation sites (N-methyl/N-ethyl adjacent to an activating group) is 1. The highest BCUT2D eigenvalue weighted by Gasteiger charge is 2.18. The molecule has 0 saturated carbocycles. The van der Waals surface area contributed by atoms with Crippen LogP contribution >= 0.6 is 23.2 Å². The molecule has 0 aliphatic rings.